The minimum absolute atomic E-state index is 0.264. The maximum absolute atomic E-state index is 5.93. The highest BCUT2D eigenvalue weighted by Crippen LogP contribution is 2.27. The first-order chi connectivity index (χ1) is 8.69. The molecule has 1 aliphatic heterocycles. The SMILES string of the molecule is CCCOc1cc(N)cc(N2CCOC(C)C2)c1. The minimum Gasteiger partial charge on any atom is -0.493 e. The Labute approximate surface area is 109 Å². The van der Waals surface area contributed by atoms with Crippen LogP contribution in [0, 0.1) is 0 Å². The largest absolute Gasteiger partial charge is 0.493 e. The number of nitrogens with two attached hydrogens (primary N) is 1. The molecule has 4 nitrogen and oxygen atoms in total. The molecule has 1 unspecified atom stereocenters. The van der Waals surface area contributed by atoms with Crippen LogP contribution in [0.1, 0.15) is 20.3 Å². The van der Waals surface area contributed by atoms with Crippen LogP contribution in [0.5, 0.6) is 5.75 Å². The molecule has 0 spiro atoms. The zero-order chi connectivity index (χ0) is 13.0. The Kier molecular flexibility index (Phi) is 4.31. The van der Waals surface area contributed by atoms with E-state index in [1.165, 1.54) is 0 Å². The highest BCUT2D eigenvalue weighted by Gasteiger charge is 2.17. The Balaban J connectivity index is 2.13. The molecule has 1 aromatic rings. The van der Waals surface area contributed by atoms with Crippen molar-refractivity contribution >= 4 is 11.4 Å². The van der Waals surface area contributed by atoms with E-state index in [1.54, 1.807) is 0 Å². The molecule has 0 aromatic heterocycles. The second-order valence-corrected chi connectivity index (χ2v) is 4.74. The van der Waals surface area contributed by atoms with E-state index in [2.05, 4.69) is 24.8 Å². The monoisotopic (exact) mass is 250 g/mol. The predicted molar refractivity (Wildman–Crippen MR) is 74.3 cm³/mol. The van der Waals surface area contributed by atoms with Gasteiger partial charge < -0.3 is 20.1 Å². The fourth-order valence-corrected chi connectivity index (χ4v) is 2.14. The van der Waals surface area contributed by atoms with E-state index in [0.717, 1.165) is 49.8 Å². The van der Waals surface area contributed by atoms with E-state index in [9.17, 15) is 0 Å². The van der Waals surface area contributed by atoms with Crippen molar-refractivity contribution in [1.82, 2.24) is 0 Å². The van der Waals surface area contributed by atoms with Crippen LogP contribution in [0.2, 0.25) is 0 Å². The van der Waals surface area contributed by atoms with E-state index >= 15 is 0 Å². The zero-order valence-corrected chi connectivity index (χ0v) is 11.2. The van der Waals surface area contributed by atoms with E-state index in [4.69, 9.17) is 15.2 Å². The molecule has 0 radical (unpaired) electrons. The summed E-state index contributed by atoms with van der Waals surface area (Å²) < 4.78 is 11.2. The topological polar surface area (TPSA) is 47.7 Å². The van der Waals surface area contributed by atoms with Crippen LogP contribution in [-0.2, 0) is 4.74 Å². The third-order valence-corrected chi connectivity index (χ3v) is 2.99. The number of ether oxygens (including phenoxy) is 2. The molecule has 4 heteroatoms. The summed E-state index contributed by atoms with van der Waals surface area (Å²) in [4.78, 5) is 2.29. The van der Waals surface area contributed by atoms with Gasteiger partial charge in [-0.2, -0.15) is 0 Å². The number of benzene rings is 1. The fourth-order valence-electron chi connectivity index (χ4n) is 2.14. The molecular weight excluding hydrogens is 228 g/mol. The van der Waals surface area contributed by atoms with Gasteiger partial charge >= 0.3 is 0 Å². The third-order valence-electron chi connectivity index (χ3n) is 2.99. The van der Waals surface area contributed by atoms with Crippen LogP contribution < -0.4 is 15.4 Å². The van der Waals surface area contributed by atoms with Crippen LogP contribution in [0.4, 0.5) is 11.4 Å². The highest BCUT2D eigenvalue weighted by molar-refractivity contribution is 5.60. The van der Waals surface area contributed by atoms with Gasteiger partial charge in [0.2, 0.25) is 0 Å². The number of hydrogen-bond acceptors (Lipinski definition) is 4. The van der Waals surface area contributed by atoms with E-state index in [-0.39, 0.29) is 6.10 Å². The number of rotatable bonds is 4. The summed E-state index contributed by atoms with van der Waals surface area (Å²) >= 11 is 0. The Morgan fingerprint density at radius 3 is 3.00 bits per heavy atom. The second-order valence-electron chi connectivity index (χ2n) is 4.74. The van der Waals surface area contributed by atoms with Crippen molar-refractivity contribution in [2.45, 2.75) is 26.4 Å². The molecule has 2 rings (SSSR count). The van der Waals surface area contributed by atoms with Crippen molar-refractivity contribution in [3.8, 4) is 5.75 Å². The van der Waals surface area contributed by atoms with Crippen molar-refractivity contribution in [2.75, 3.05) is 36.9 Å². The molecule has 0 bridgehead atoms. The molecule has 18 heavy (non-hydrogen) atoms. The molecule has 1 aromatic carbocycles. The Morgan fingerprint density at radius 2 is 2.28 bits per heavy atom. The molecule has 100 valence electrons. The van der Waals surface area contributed by atoms with Crippen molar-refractivity contribution in [2.24, 2.45) is 0 Å². The average molecular weight is 250 g/mol. The second kappa shape index (κ2) is 5.96. The summed E-state index contributed by atoms with van der Waals surface area (Å²) in [6, 6.07) is 5.93. The number of anilines is 2. The lowest BCUT2D eigenvalue weighted by molar-refractivity contribution is 0.0532. The van der Waals surface area contributed by atoms with Gasteiger partial charge in [0.05, 0.1) is 19.3 Å². The van der Waals surface area contributed by atoms with Crippen molar-refractivity contribution in [1.29, 1.82) is 0 Å². The third kappa shape index (κ3) is 3.29. The van der Waals surface area contributed by atoms with Gasteiger partial charge in [0.1, 0.15) is 5.75 Å². The Hall–Kier alpha value is -1.42. The number of nitrogens with zero attached hydrogens (tertiary/aromatic N) is 1. The van der Waals surface area contributed by atoms with Gasteiger partial charge in [-0.15, -0.1) is 0 Å². The first-order valence-corrected chi connectivity index (χ1v) is 6.59. The van der Waals surface area contributed by atoms with Crippen LogP contribution in [-0.4, -0.2) is 32.4 Å². The number of hydrogen-bond donors (Lipinski definition) is 1. The lowest BCUT2D eigenvalue weighted by atomic mass is 10.2. The van der Waals surface area contributed by atoms with E-state index < -0.39 is 0 Å². The molecule has 1 aliphatic rings. The standard InChI is InChI=1S/C14H22N2O2/c1-3-5-18-14-8-12(15)7-13(9-14)16-4-6-17-11(2)10-16/h7-9,11H,3-6,10,15H2,1-2H3. The molecule has 1 fully saturated rings. The summed E-state index contributed by atoms with van der Waals surface area (Å²) in [7, 11) is 0. The quantitative estimate of drug-likeness (QED) is 0.833. The smallest absolute Gasteiger partial charge is 0.123 e. The van der Waals surface area contributed by atoms with Gasteiger partial charge in [0, 0.05) is 36.6 Å². The maximum atomic E-state index is 5.93. The van der Waals surface area contributed by atoms with Crippen LogP contribution in [0.3, 0.4) is 0 Å². The first-order valence-electron chi connectivity index (χ1n) is 6.59. The fraction of sp³-hybridized carbons (Fsp3) is 0.571. The molecule has 0 amide bonds. The lowest BCUT2D eigenvalue weighted by Crippen LogP contribution is -2.41. The van der Waals surface area contributed by atoms with Crippen molar-refractivity contribution in [3.63, 3.8) is 0 Å². The summed E-state index contributed by atoms with van der Waals surface area (Å²) in [5, 5.41) is 0. The highest BCUT2D eigenvalue weighted by atomic mass is 16.5. The summed E-state index contributed by atoms with van der Waals surface area (Å²) in [6.07, 6.45) is 1.26. The minimum atomic E-state index is 0.264. The molecule has 1 atom stereocenters. The predicted octanol–water partition coefficient (Wildman–Crippen LogP) is 2.28. The van der Waals surface area contributed by atoms with Crippen LogP contribution in [0.25, 0.3) is 0 Å². The van der Waals surface area contributed by atoms with E-state index in [0.29, 0.717) is 0 Å². The van der Waals surface area contributed by atoms with Gasteiger partial charge in [0.25, 0.3) is 0 Å². The van der Waals surface area contributed by atoms with Gasteiger partial charge in [-0.05, 0) is 19.4 Å². The Bertz CT molecular complexity index is 395. The Morgan fingerprint density at radius 1 is 1.44 bits per heavy atom. The van der Waals surface area contributed by atoms with Crippen LogP contribution in [0.15, 0.2) is 18.2 Å². The van der Waals surface area contributed by atoms with Gasteiger partial charge in [-0.1, -0.05) is 6.92 Å². The molecule has 1 heterocycles. The van der Waals surface area contributed by atoms with Crippen molar-refractivity contribution in [3.05, 3.63) is 18.2 Å². The van der Waals surface area contributed by atoms with Crippen LogP contribution >= 0.6 is 0 Å². The van der Waals surface area contributed by atoms with Gasteiger partial charge in [-0.3, -0.25) is 0 Å². The van der Waals surface area contributed by atoms with Gasteiger partial charge in [-0.25, -0.2) is 0 Å². The first kappa shape index (κ1) is 13.0. The molecule has 2 N–H and O–H groups in total. The number of nitrogen functional groups attached to an aromatic ring is 1. The summed E-state index contributed by atoms with van der Waals surface area (Å²) in [5.74, 6) is 0.853. The lowest BCUT2D eigenvalue weighted by Gasteiger charge is -2.33. The van der Waals surface area contributed by atoms with Crippen molar-refractivity contribution < 1.29 is 9.47 Å². The zero-order valence-electron chi connectivity index (χ0n) is 11.2. The molecule has 0 saturated carbocycles. The van der Waals surface area contributed by atoms with Gasteiger partial charge in [0.15, 0.2) is 0 Å². The summed E-state index contributed by atoms with van der Waals surface area (Å²) in [5.41, 5.74) is 7.80. The maximum Gasteiger partial charge on any atom is 0.123 e. The molecule has 1 saturated heterocycles. The molecule has 0 aliphatic carbocycles. The summed E-state index contributed by atoms with van der Waals surface area (Å²) in [6.45, 7) is 7.48. The van der Waals surface area contributed by atoms with E-state index in [1.807, 2.05) is 12.1 Å². The normalized spacial score (nSPS) is 19.9. The number of morpholine rings is 1. The average Bonchev–Trinajstić information content (AvgIpc) is 2.36. The molecular formula is C14H22N2O2.